The monoisotopic (exact) mass is 387 g/mol. The van der Waals surface area contributed by atoms with E-state index in [1.54, 1.807) is 32.0 Å². The van der Waals surface area contributed by atoms with E-state index in [9.17, 15) is 13.2 Å². The maximum Gasteiger partial charge on any atom is 0.243 e. The second kappa shape index (κ2) is 7.89. The summed E-state index contributed by atoms with van der Waals surface area (Å²) in [4.78, 5) is 12.5. The van der Waals surface area contributed by atoms with Crippen LogP contribution in [0.2, 0.25) is 0 Å². The normalized spacial score (nSPS) is 11.8. The molecule has 142 valence electrons. The third kappa shape index (κ3) is 4.01. The summed E-state index contributed by atoms with van der Waals surface area (Å²) in [5, 5.41) is 7.49. The molecule has 8 heteroatoms. The van der Waals surface area contributed by atoms with E-state index in [1.807, 2.05) is 18.2 Å². The molecular formula is C19H21N3O4S. The number of carbonyl (C=O) groups excluding carboxylic acids is 1. The number of nitrogens with one attached hydrogen (secondary N) is 1. The number of hydrogen-bond acceptors (Lipinski definition) is 5. The number of carbonyl (C=O) groups is 1. The number of amides is 1. The van der Waals surface area contributed by atoms with Crippen molar-refractivity contribution in [2.45, 2.75) is 25.2 Å². The van der Waals surface area contributed by atoms with E-state index in [0.717, 1.165) is 5.39 Å². The molecule has 0 spiro atoms. The Bertz CT molecular complexity index is 1040. The number of nitrogens with zero attached hydrogens (tertiary/aromatic N) is 2. The number of benzene rings is 2. The topological polar surface area (TPSA) is 92.5 Å². The van der Waals surface area contributed by atoms with Gasteiger partial charge in [0, 0.05) is 24.2 Å². The third-order valence-electron chi connectivity index (χ3n) is 4.26. The highest BCUT2D eigenvalue weighted by atomic mass is 32.2. The van der Waals surface area contributed by atoms with Crippen molar-refractivity contribution < 1.29 is 17.7 Å². The highest BCUT2D eigenvalue weighted by molar-refractivity contribution is 7.89. The van der Waals surface area contributed by atoms with E-state index in [4.69, 9.17) is 4.52 Å². The fraction of sp³-hybridized carbons (Fsp3) is 0.263. The zero-order valence-electron chi connectivity index (χ0n) is 15.2. The molecule has 0 aliphatic heterocycles. The first-order chi connectivity index (χ1) is 13.0. The fourth-order valence-corrected chi connectivity index (χ4v) is 4.30. The Morgan fingerprint density at radius 1 is 1.07 bits per heavy atom. The van der Waals surface area contributed by atoms with Gasteiger partial charge in [0.25, 0.3) is 0 Å². The van der Waals surface area contributed by atoms with Crippen molar-refractivity contribution in [3.05, 3.63) is 54.2 Å². The molecule has 0 atom stereocenters. The molecule has 3 aromatic rings. The first-order valence-corrected chi connectivity index (χ1v) is 10.1. The number of hydrogen-bond donors (Lipinski definition) is 1. The van der Waals surface area contributed by atoms with Crippen LogP contribution in [-0.4, -0.2) is 36.9 Å². The largest absolute Gasteiger partial charge is 0.356 e. The quantitative estimate of drug-likeness (QED) is 0.673. The number of rotatable bonds is 7. The number of para-hydroxylation sites is 1. The Hall–Kier alpha value is -2.71. The molecule has 0 aliphatic carbocycles. The lowest BCUT2D eigenvalue weighted by Gasteiger charge is -2.18. The molecule has 0 saturated heterocycles. The lowest BCUT2D eigenvalue weighted by Crippen LogP contribution is -2.30. The van der Waals surface area contributed by atoms with Crippen molar-refractivity contribution in [3.8, 4) is 0 Å². The van der Waals surface area contributed by atoms with Gasteiger partial charge in [-0.25, -0.2) is 8.42 Å². The summed E-state index contributed by atoms with van der Waals surface area (Å²) in [6.07, 6.45) is 0.0660. The Morgan fingerprint density at radius 3 is 2.41 bits per heavy atom. The summed E-state index contributed by atoms with van der Waals surface area (Å²) in [6.45, 7) is 4.40. The van der Waals surface area contributed by atoms with Gasteiger partial charge in [0.2, 0.25) is 15.9 Å². The van der Waals surface area contributed by atoms with Gasteiger partial charge in [0.15, 0.2) is 5.58 Å². The van der Waals surface area contributed by atoms with Crippen molar-refractivity contribution >= 4 is 32.6 Å². The van der Waals surface area contributed by atoms with Gasteiger partial charge in [-0.2, -0.15) is 4.31 Å². The van der Waals surface area contributed by atoms with Crippen LogP contribution in [0.5, 0.6) is 0 Å². The van der Waals surface area contributed by atoms with Crippen LogP contribution >= 0.6 is 0 Å². The molecule has 0 radical (unpaired) electrons. The summed E-state index contributed by atoms with van der Waals surface area (Å²) in [6, 6.07) is 13.5. The van der Waals surface area contributed by atoms with Crippen LogP contribution in [0.15, 0.2) is 57.9 Å². The average molecular weight is 387 g/mol. The minimum atomic E-state index is -3.51. The summed E-state index contributed by atoms with van der Waals surface area (Å²) < 4.78 is 31.5. The van der Waals surface area contributed by atoms with Crippen molar-refractivity contribution in [3.63, 3.8) is 0 Å². The Kier molecular flexibility index (Phi) is 5.57. The van der Waals surface area contributed by atoms with Crippen LogP contribution in [-0.2, 0) is 21.2 Å². The van der Waals surface area contributed by atoms with Crippen molar-refractivity contribution in [2.24, 2.45) is 0 Å². The molecule has 1 aromatic heterocycles. The molecule has 27 heavy (non-hydrogen) atoms. The molecule has 3 rings (SSSR count). The predicted molar refractivity (Wildman–Crippen MR) is 103 cm³/mol. The SMILES string of the molecule is CCN(CC)S(=O)(=O)c1ccc(NC(=O)Cc2noc3ccccc23)cc1. The number of aromatic nitrogens is 1. The van der Waals surface area contributed by atoms with Gasteiger partial charge in [0.05, 0.1) is 11.3 Å². The molecule has 0 aliphatic rings. The maximum atomic E-state index is 12.5. The predicted octanol–water partition coefficient (Wildman–Crippen LogP) is 3.04. The minimum Gasteiger partial charge on any atom is -0.356 e. The van der Waals surface area contributed by atoms with Crippen LogP contribution in [0.1, 0.15) is 19.5 Å². The standard InChI is InChI=1S/C19H21N3O4S/c1-3-22(4-2)27(24,25)15-11-9-14(10-12-15)20-19(23)13-17-16-7-5-6-8-18(16)26-21-17/h5-12H,3-4,13H2,1-2H3,(H,20,23). The molecule has 2 aromatic carbocycles. The molecular weight excluding hydrogens is 366 g/mol. The summed E-state index contributed by atoms with van der Waals surface area (Å²) >= 11 is 0. The van der Waals surface area contributed by atoms with Gasteiger partial charge >= 0.3 is 0 Å². The molecule has 0 bridgehead atoms. The summed E-state index contributed by atoms with van der Waals surface area (Å²) in [5.41, 5.74) is 1.71. The second-order valence-electron chi connectivity index (χ2n) is 5.96. The first-order valence-electron chi connectivity index (χ1n) is 8.69. The van der Waals surface area contributed by atoms with E-state index >= 15 is 0 Å². The lowest BCUT2D eigenvalue weighted by molar-refractivity contribution is -0.115. The molecule has 0 unspecified atom stereocenters. The number of fused-ring (bicyclic) bond motifs is 1. The lowest BCUT2D eigenvalue weighted by atomic mass is 10.1. The van der Waals surface area contributed by atoms with E-state index in [0.29, 0.717) is 30.1 Å². The zero-order chi connectivity index (χ0) is 19.4. The Balaban J connectivity index is 1.70. The van der Waals surface area contributed by atoms with Crippen molar-refractivity contribution in [2.75, 3.05) is 18.4 Å². The van der Waals surface area contributed by atoms with Gasteiger partial charge in [0.1, 0.15) is 5.69 Å². The van der Waals surface area contributed by atoms with Crippen molar-refractivity contribution in [1.82, 2.24) is 9.46 Å². The van der Waals surface area contributed by atoms with E-state index in [1.165, 1.54) is 16.4 Å². The van der Waals surface area contributed by atoms with Crippen LogP contribution in [0.3, 0.4) is 0 Å². The molecule has 0 saturated carbocycles. The van der Waals surface area contributed by atoms with Crippen LogP contribution in [0.25, 0.3) is 11.0 Å². The number of sulfonamides is 1. The smallest absolute Gasteiger partial charge is 0.243 e. The van der Waals surface area contributed by atoms with Gasteiger partial charge < -0.3 is 9.84 Å². The summed E-state index contributed by atoms with van der Waals surface area (Å²) in [7, 11) is -3.51. The molecule has 1 heterocycles. The van der Waals surface area contributed by atoms with Crippen LogP contribution in [0, 0.1) is 0 Å². The average Bonchev–Trinajstić information content (AvgIpc) is 3.06. The Labute approximate surface area is 158 Å². The van der Waals surface area contributed by atoms with Crippen LogP contribution in [0.4, 0.5) is 5.69 Å². The van der Waals surface area contributed by atoms with Gasteiger partial charge in [-0.05, 0) is 36.4 Å². The summed E-state index contributed by atoms with van der Waals surface area (Å²) in [5.74, 6) is -0.256. The third-order valence-corrected chi connectivity index (χ3v) is 6.33. The molecule has 7 nitrogen and oxygen atoms in total. The molecule has 1 N–H and O–H groups in total. The van der Waals surface area contributed by atoms with Crippen LogP contribution < -0.4 is 5.32 Å². The van der Waals surface area contributed by atoms with E-state index < -0.39 is 10.0 Å². The highest BCUT2D eigenvalue weighted by Gasteiger charge is 2.21. The Morgan fingerprint density at radius 2 is 1.74 bits per heavy atom. The van der Waals surface area contributed by atoms with E-state index in [-0.39, 0.29) is 17.2 Å². The highest BCUT2D eigenvalue weighted by Crippen LogP contribution is 2.20. The second-order valence-corrected chi connectivity index (χ2v) is 7.90. The molecule has 1 amide bonds. The fourth-order valence-electron chi connectivity index (χ4n) is 2.85. The molecule has 0 fully saturated rings. The van der Waals surface area contributed by atoms with Gasteiger partial charge in [-0.3, -0.25) is 4.79 Å². The first kappa shape index (κ1) is 19.1. The maximum absolute atomic E-state index is 12.5. The minimum absolute atomic E-state index is 0.0660. The van der Waals surface area contributed by atoms with E-state index in [2.05, 4.69) is 10.5 Å². The number of anilines is 1. The van der Waals surface area contributed by atoms with Gasteiger partial charge in [-0.15, -0.1) is 0 Å². The van der Waals surface area contributed by atoms with Crippen molar-refractivity contribution in [1.29, 1.82) is 0 Å². The zero-order valence-corrected chi connectivity index (χ0v) is 16.0. The van der Waals surface area contributed by atoms with Gasteiger partial charge in [-0.1, -0.05) is 31.1 Å².